The summed E-state index contributed by atoms with van der Waals surface area (Å²) < 4.78 is 40.6. The summed E-state index contributed by atoms with van der Waals surface area (Å²) in [5.74, 6) is -0.798. The van der Waals surface area contributed by atoms with Crippen LogP contribution in [0.4, 0.5) is 10.1 Å². The first-order valence-electron chi connectivity index (χ1n) is 9.16. The molecule has 2 aromatic carbocycles. The largest absolute Gasteiger partial charge is 0.337 e. The van der Waals surface area contributed by atoms with Gasteiger partial charge >= 0.3 is 0 Å². The van der Waals surface area contributed by atoms with Crippen molar-refractivity contribution in [1.29, 1.82) is 0 Å². The molecular formula is C20H25ClFN3O3S. The Labute approximate surface area is 176 Å². The van der Waals surface area contributed by atoms with Crippen LogP contribution in [0.15, 0.2) is 47.4 Å². The molecule has 0 aromatic heterocycles. The topological polar surface area (TPSA) is 69.7 Å². The molecule has 1 N–H and O–H groups in total. The van der Waals surface area contributed by atoms with Crippen LogP contribution < -0.4 is 4.72 Å². The highest BCUT2D eigenvalue weighted by Crippen LogP contribution is 2.22. The van der Waals surface area contributed by atoms with Gasteiger partial charge in [-0.2, -0.15) is 0 Å². The zero-order valence-electron chi connectivity index (χ0n) is 16.7. The molecule has 0 bridgehead atoms. The number of sulfonamides is 1. The van der Waals surface area contributed by atoms with E-state index in [4.69, 9.17) is 11.6 Å². The van der Waals surface area contributed by atoms with Crippen LogP contribution >= 0.6 is 11.6 Å². The third kappa shape index (κ3) is 6.42. The van der Waals surface area contributed by atoms with Crippen molar-refractivity contribution in [3.8, 4) is 0 Å². The third-order valence-electron chi connectivity index (χ3n) is 4.18. The van der Waals surface area contributed by atoms with Crippen molar-refractivity contribution in [3.63, 3.8) is 0 Å². The van der Waals surface area contributed by atoms with Crippen LogP contribution in [0.2, 0.25) is 5.02 Å². The van der Waals surface area contributed by atoms with Gasteiger partial charge in [-0.3, -0.25) is 9.52 Å². The van der Waals surface area contributed by atoms with Gasteiger partial charge in [0.05, 0.1) is 9.92 Å². The molecule has 9 heteroatoms. The zero-order chi connectivity index (χ0) is 21.6. The number of nitrogens with zero attached hydrogens (tertiary/aromatic N) is 2. The van der Waals surface area contributed by atoms with Crippen LogP contribution in [0.3, 0.4) is 0 Å². The van der Waals surface area contributed by atoms with E-state index in [1.54, 1.807) is 17.0 Å². The summed E-state index contributed by atoms with van der Waals surface area (Å²) in [5.41, 5.74) is 0.766. The first-order chi connectivity index (χ1) is 13.6. The maximum Gasteiger partial charge on any atom is 0.261 e. The van der Waals surface area contributed by atoms with Gasteiger partial charge in [0.15, 0.2) is 0 Å². The van der Waals surface area contributed by atoms with Gasteiger partial charge in [-0.15, -0.1) is 0 Å². The van der Waals surface area contributed by atoms with Crippen LogP contribution in [-0.4, -0.2) is 57.9 Å². The molecule has 0 radical (unpaired) electrons. The molecule has 2 rings (SSSR count). The summed E-state index contributed by atoms with van der Waals surface area (Å²) in [4.78, 5) is 16.4. The molecule has 0 fully saturated rings. The van der Waals surface area contributed by atoms with E-state index < -0.39 is 15.8 Å². The minimum atomic E-state index is -3.93. The highest BCUT2D eigenvalue weighted by atomic mass is 35.5. The predicted molar refractivity (Wildman–Crippen MR) is 113 cm³/mol. The Balaban J connectivity index is 2.14. The molecule has 0 aliphatic rings. The molecule has 0 saturated heterocycles. The van der Waals surface area contributed by atoms with Crippen LogP contribution in [-0.2, 0) is 10.0 Å². The molecule has 0 atom stereocenters. The van der Waals surface area contributed by atoms with Gasteiger partial charge in [-0.1, -0.05) is 18.5 Å². The second kappa shape index (κ2) is 10.0. The first-order valence-corrected chi connectivity index (χ1v) is 11.0. The maximum atomic E-state index is 13.3. The van der Waals surface area contributed by atoms with Crippen LogP contribution in [0, 0.1) is 5.82 Å². The van der Waals surface area contributed by atoms with Gasteiger partial charge in [0.1, 0.15) is 5.82 Å². The molecule has 0 spiro atoms. The average molecular weight is 442 g/mol. The standard InChI is InChI=1S/C20H25ClFN3O3S/c1-4-11-25(13-12-24(2)3)20(26)15-5-7-16(8-6-15)23-29(27,28)17-9-10-19(22)18(21)14-17/h5-10,14,23H,4,11-13H2,1-3H3. The van der Waals surface area contributed by atoms with E-state index in [9.17, 15) is 17.6 Å². The van der Waals surface area contributed by atoms with Gasteiger partial charge in [-0.05, 0) is 63.0 Å². The summed E-state index contributed by atoms with van der Waals surface area (Å²) in [5, 5.41) is -0.275. The lowest BCUT2D eigenvalue weighted by atomic mass is 10.1. The Hall–Kier alpha value is -2.16. The number of rotatable bonds is 9. The van der Waals surface area contributed by atoms with Gasteiger partial charge in [-0.25, -0.2) is 12.8 Å². The molecule has 158 valence electrons. The SMILES string of the molecule is CCCN(CCN(C)C)C(=O)c1ccc(NS(=O)(=O)c2ccc(F)c(Cl)c2)cc1. The van der Waals surface area contributed by atoms with Crippen molar-refractivity contribution >= 4 is 33.2 Å². The van der Waals surface area contributed by atoms with Crippen molar-refractivity contribution in [1.82, 2.24) is 9.80 Å². The van der Waals surface area contributed by atoms with Crippen LogP contribution in [0.1, 0.15) is 23.7 Å². The minimum absolute atomic E-state index is 0.103. The number of hydrogen-bond acceptors (Lipinski definition) is 4. The van der Waals surface area contributed by atoms with Crippen LogP contribution in [0.25, 0.3) is 0 Å². The molecule has 6 nitrogen and oxygen atoms in total. The summed E-state index contributed by atoms with van der Waals surface area (Å²) in [7, 11) is -0.0343. The normalized spacial score (nSPS) is 11.5. The zero-order valence-corrected chi connectivity index (χ0v) is 18.2. The van der Waals surface area contributed by atoms with Gasteiger partial charge in [0.25, 0.3) is 15.9 Å². The lowest BCUT2D eigenvalue weighted by Crippen LogP contribution is -2.37. The van der Waals surface area contributed by atoms with Gasteiger partial charge in [0, 0.05) is 30.9 Å². The number of likely N-dealkylation sites (N-methyl/N-ethyl adjacent to an activating group) is 1. The Morgan fingerprint density at radius 3 is 2.28 bits per heavy atom. The fourth-order valence-corrected chi connectivity index (χ4v) is 3.96. The van der Waals surface area contributed by atoms with Gasteiger partial charge in [0.2, 0.25) is 0 Å². The maximum absolute atomic E-state index is 13.3. The number of nitrogens with one attached hydrogen (secondary N) is 1. The molecule has 2 aromatic rings. The summed E-state index contributed by atoms with van der Waals surface area (Å²) in [6.07, 6.45) is 0.845. The first kappa shape index (κ1) is 23.1. The molecule has 1 amide bonds. The Kier molecular flexibility index (Phi) is 8.01. The van der Waals surface area contributed by atoms with E-state index >= 15 is 0 Å². The highest BCUT2D eigenvalue weighted by molar-refractivity contribution is 7.92. The molecule has 29 heavy (non-hydrogen) atoms. The van der Waals surface area contributed by atoms with E-state index in [1.165, 1.54) is 12.1 Å². The molecule has 0 aliphatic carbocycles. The van der Waals surface area contributed by atoms with Crippen LogP contribution in [0.5, 0.6) is 0 Å². The van der Waals surface area contributed by atoms with E-state index in [0.29, 0.717) is 18.7 Å². The summed E-state index contributed by atoms with van der Waals surface area (Å²) in [6.45, 7) is 4.02. The number of benzene rings is 2. The Morgan fingerprint density at radius 1 is 1.07 bits per heavy atom. The van der Waals surface area contributed by atoms with Crippen molar-refractivity contribution in [2.24, 2.45) is 0 Å². The molecule has 0 saturated carbocycles. The number of hydrogen-bond donors (Lipinski definition) is 1. The molecular weight excluding hydrogens is 417 g/mol. The van der Waals surface area contributed by atoms with Crippen molar-refractivity contribution < 1.29 is 17.6 Å². The molecule has 0 aliphatic heterocycles. The fourth-order valence-electron chi connectivity index (χ4n) is 2.63. The van der Waals surface area contributed by atoms with Crippen molar-refractivity contribution in [2.75, 3.05) is 38.5 Å². The number of anilines is 1. The predicted octanol–water partition coefficient (Wildman–Crippen LogP) is 3.69. The smallest absolute Gasteiger partial charge is 0.261 e. The lowest BCUT2D eigenvalue weighted by Gasteiger charge is -2.24. The van der Waals surface area contributed by atoms with E-state index in [2.05, 4.69) is 4.72 Å². The number of carbonyl (C=O) groups is 1. The lowest BCUT2D eigenvalue weighted by molar-refractivity contribution is 0.0745. The second-order valence-electron chi connectivity index (χ2n) is 6.85. The van der Waals surface area contributed by atoms with E-state index in [0.717, 1.165) is 31.2 Å². The molecule has 0 unspecified atom stereocenters. The van der Waals surface area contributed by atoms with E-state index in [1.807, 2.05) is 25.9 Å². The Bertz CT molecular complexity index is 950. The average Bonchev–Trinajstić information content (AvgIpc) is 2.66. The minimum Gasteiger partial charge on any atom is -0.337 e. The quantitative estimate of drug-likeness (QED) is 0.644. The number of carbonyl (C=O) groups excluding carboxylic acids is 1. The fraction of sp³-hybridized carbons (Fsp3) is 0.350. The number of halogens is 2. The highest BCUT2D eigenvalue weighted by Gasteiger charge is 2.18. The summed E-state index contributed by atoms with van der Waals surface area (Å²) in [6, 6.07) is 9.37. The van der Waals surface area contributed by atoms with Crippen molar-refractivity contribution in [2.45, 2.75) is 18.2 Å². The molecule has 0 heterocycles. The Morgan fingerprint density at radius 2 is 1.72 bits per heavy atom. The second-order valence-corrected chi connectivity index (χ2v) is 8.94. The van der Waals surface area contributed by atoms with E-state index in [-0.39, 0.29) is 21.5 Å². The third-order valence-corrected chi connectivity index (χ3v) is 5.85. The van der Waals surface area contributed by atoms with Crippen molar-refractivity contribution in [3.05, 3.63) is 58.9 Å². The summed E-state index contributed by atoms with van der Waals surface area (Å²) >= 11 is 5.67. The van der Waals surface area contributed by atoms with Gasteiger partial charge < -0.3 is 9.80 Å². The monoisotopic (exact) mass is 441 g/mol. The number of amides is 1.